The number of ether oxygens (including phenoxy) is 4. The maximum atomic E-state index is 12.0. The lowest BCUT2D eigenvalue weighted by molar-refractivity contribution is -0.150. The first kappa shape index (κ1) is 25.7. The normalized spacial score (nSPS) is 26.5. The number of carbonyl (C=O) groups is 1. The van der Waals surface area contributed by atoms with Crippen molar-refractivity contribution in [1.29, 1.82) is 0 Å². The number of benzene rings is 3. The fraction of sp³-hybridized carbons (Fsp3) is 0.469. The second-order valence-electron chi connectivity index (χ2n) is 11.5. The molecular weight excluding hydrogens is 500 g/mol. The average Bonchev–Trinajstić information content (AvgIpc) is 2.91. The smallest absolute Gasteiger partial charge is 0.339 e. The molecule has 0 N–H and O–H groups in total. The van der Waals surface area contributed by atoms with Crippen LogP contribution < -0.4 is 4.74 Å². The van der Waals surface area contributed by atoms with E-state index >= 15 is 0 Å². The van der Waals surface area contributed by atoms with Crippen molar-refractivity contribution in [1.82, 2.24) is 0 Å². The van der Waals surface area contributed by atoms with E-state index in [2.05, 4.69) is 30.3 Å². The maximum Gasteiger partial charge on any atom is 0.339 e. The molecule has 1 unspecified atom stereocenters. The molecule has 200 valence electrons. The van der Waals surface area contributed by atoms with Gasteiger partial charge in [0, 0.05) is 12.7 Å². The Labute approximate surface area is 229 Å². The molecule has 0 aliphatic heterocycles. The van der Waals surface area contributed by atoms with E-state index in [0.29, 0.717) is 10.6 Å². The minimum Gasteiger partial charge on any atom is -0.467 e. The topological polar surface area (TPSA) is 54.0 Å². The summed E-state index contributed by atoms with van der Waals surface area (Å²) < 4.78 is 22.1. The first-order valence-electron chi connectivity index (χ1n) is 13.6. The molecule has 0 spiro atoms. The van der Waals surface area contributed by atoms with Gasteiger partial charge in [0.25, 0.3) is 0 Å². The summed E-state index contributed by atoms with van der Waals surface area (Å²) in [6.07, 6.45) is 7.61. The highest BCUT2D eigenvalue weighted by Gasteiger charge is 2.52. The number of carbonyl (C=O) groups excluding carboxylic acids is 1. The number of halogens is 1. The van der Waals surface area contributed by atoms with Crippen LogP contribution in [0.15, 0.2) is 48.5 Å². The van der Waals surface area contributed by atoms with Crippen LogP contribution in [-0.4, -0.2) is 33.3 Å². The molecule has 38 heavy (non-hydrogen) atoms. The van der Waals surface area contributed by atoms with Crippen molar-refractivity contribution in [3.63, 3.8) is 0 Å². The van der Waals surface area contributed by atoms with Gasteiger partial charge >= 0.3 is 5.97 Å². The molecule has 4 bridgehead atoms. The van der Waals surface area contributed by atoms with Gasteiger partial charge in [-0.1, -0.05) is 29.8 Å². The Balaban J connectivity index is 1.40. The molecule has 3 aromatic rings. The molecule has 3 aromatic carbocycles. The second kappa shape index (κ2) is 10.2. The number of rotatable bonds is 8. The van der Waals surface area contributed by atoms with Crippen molar-refractivity contribution in [2.24, 2.45) is 17.8 Å². The van der Waals surface area contributed by atoms with Crippen molar-refractivity contribution < 1.29 is 23.7 Å². The van der Waals surface area contributed by atoms with E-state index in [0.717, 1.165) is 40.0 Å². The molecule has 4 fully saturated rings. The van der Waals surface area contributed by atoms with Crippen molar-refractivity contribution in [2.75, 3.05) is 21.0 Å². The minimum atomic E-state index is -0.434. The van der Waals surface area contributed by atoms with Crippen LogP contribution in [0.1, 0.15) is 61.4 Å². The van der Waals surface area contributed by atoms with Gasteiger partial charge in [-0.05, 0) is 121 Å². The Morgan fingerprint density at radius 3 is 2.21 bits per heavy atom. The van der Waals surface area contributed by atoms with E-state index in [1.165, 1.54) is 56.6 Å². The van der Waals surface area contributed by atoms with Crippen molar-refractivity contribution in [2.45, 2.75) is 57.2 Å². The quantitative estimate of drug-likeness (QED) is 0.218. The standard InChI is InChI=1S/C32H35ClO5/c1-19(35-2)37-18-38-30-14-25-5-4-23(24-6-7-27(29(33)13-24)31(34)36-3)11-26(25)12-28(30)32-15-20-8-21(16-32)10-22(9-20)17-32/h4-7,11-14,19-22H,8-10,15-18H2,1-3H3. The van der Waals surface area contributed by atoms with Gasteiger partial charge in [-0.15, -0.1) is 0 Å². The predicted octanol–water partition coefficient (Wildman–Crippen LogP) is 7.76. The number of hydrogen-bond donors (Lipinski definition) is 0. The molecular formula is C32H35ClO5. The van der Waals surface area contributed by atoms with E-state index in [4.69, 9.17) is 30.5 Å². The Kier molecular flexibility index (Phi) is 6.88. The summed E-state index contributed by atoms with van der Waals surface area (Å²) in [4.78, 5) is 12.0. The lowest BCUT2D eigenvalue weighted by Gasteiger charge is -2.57. The molecule has 4 aliphatic carbocycles. The molecule has 5 nitrogen and oxygen atoms in total. The first-order chi connectivity index (χ1) is 18.4. The summed E-state index contributed by atoms with van der Waals surface area (Å²) in [6, 6.07) is 16.5. The largest absolute Gasteiger partial charge is 0.467 e. The van der Waals surface area contributed by atoms with Gasteiger partial charge in [-0.3, -0.25) is 0 Å². The van der Waals surface area contributed by atoms with E-state index in [1.54, 1.807) is 13.2 Å². The van der Waals surface area contributed by atoms with Crippen LogP contribution in [0.3, 0.4) is 0 Å². The molecule has 4 saturated carbocycles. The van der Waals surface area contributed by atoms with E-state index < -0.39 is 5.97 Å². The predicted molar refractivity (Wildman–Crippen MR) is 149 cm³/mol. The van der Waals surface area contributed by atoms with Crippen molar-refractivity contribution in [3.05, 3.63) is 64.7 Å². The number of fused-ring (bicyclic) bond motifs is 1. The van der Waals surface area contributed by atoms with E-state index in [1.807, 2.05) is 19.1 Å². The van der Waals surface area contributed by atoms with Gasteiger partial charge in [-0.2, -0.15) is 0 Å². The highest BCUT2D eigenvalue weighted by Crippen LogP contribution is 2.62. The summed E-state index contributed by atoms with van der Waals surface area (Å²) in [6.45, 7) is 2.03. The van der Waals surface area contributed by atoms with Crippen LogP contribution in [0.5, 0.6) is 5.75 Å². The Morgan fingerprint density at radius 1 is 0.921 bits per heavy atom. The fourth-order valence-electron chi connectivity index (χ4n) is 7.66. The zero-order valence-corrected chi connectivity index (χ0v) is 23.1. The van der Waals surface area contributed by atoms with Crippen LogP contribution in [0.2, 0.25) is 5.02 Å². The zero-order chi connectivity index (χ0) is 26.4. The summed E-state index contributed by atoms with van der Waals surface area (Å²) in [5.41, 5.74) is 3.89. The molecule has 1 atom stereocenters. The first-order valence-corrected chi connectivity index (χ1v) is 14.0. The minimum absolute atomic E-state index is 0.156. The van der Waals surface area contributed by atoms with Crippen LogP contribution >= 0.6 is 11.6 Å². The van der Waals surface area contributed by atoms with Gasteiger partial charge in [0.1, 0.15) is 5.75 Å². The van der Waals surface area contributed by atoms with Crippen molar-refractivity contribution >= 4 is 28.3 Å². The molecule has 0 radical (unpaired) electrons. The van der Waals surface area contributed by atoms with Gasteiger partial charge in [-0.25, -0.2) is 4.79 Å². The molecule has 0 amide bonds. The highest BCUT2D eigenvalue weighted by molar-refractivity contribution is 6.33. The molecule has 0 aromatic heterocycles. The lowest BCUT2D eigenvalue weighted by Crippen LogP contribution is -2.48. The SMILES string of the molecule is COC(=O)c1ccc(-c2ccc3cc(OCOC(C)OC)c(C45CC6CC(CC(C6)C4)C5)cc3c2)cc1Cl. The Morgan fingerprint density at radius 2 is 1.58 bits per heavy atom. The summed E-state index contributed by atoms with van der Waals surface area (Å²) in [5.74, 6) is 2.99. The van der Waals surface area contributed by atoms with Gasteiger partial charge in [0.15, 0.2) is 13.1 Å². The number of methoxy groups -OCH3 is 2. The van der Waals surface area contributed by atoms with Crippen LogP contribution in [-0.2, 0) is 19.6 Å². The third-order valence-corrected chi connectivity index (χ3v) is 9.42. The highest BCUT2D eigenvalue weighted by atomic mass is 35.5. The van der Waals surface area contributed by atoms with Gasteiger partial charge < -0.3 is 18.9 Å². The average molecular weight is 535 g/mol. The molecule has 0 heterocycles. The number of esters is 1. The second-order valence-corrected chi connectivity index (χ2v) is 11.9. The molecule has 4 aliphatic rings. The van der Waals surface area contributed by atoms with E-state index in [-0.39, 0.29) is 18.5 Å². The zero-order valence-electron chi connectivity index (χ0n) is 22.3. The summed E-state index contributed by atoms with van der Waals surface area (Å²) in [5, 5.41) is 2.69. The van der Waals surface area contributed by atoms with Gasteiger partial charge in [0.05, 0.1) is 17.7 Å². The maximum absolute atomic E-state index is 12.0. The third kappa shape index (κ3) is 4.70. The van der Waals surface area contributed by atoms with E-state index in [9.17, 15) is 4.79 Å². The van der Waals surface area contributed by atoms with Crippen LogP contribution in [0.4, 0.5) is 0 Å². The third-order valence-electron chi connectivity index (χ3n) is 9.11. The molecule has 7 rings (SSSR count). The monoisotopic (exact) mass is 534 g/mol. The van der Waals surface area contributed by atoms with Crippen molar-refractivity contribution in [3.8, 4) is 16.9 Å². The Hall–Kier alpha value is -2.60. The Bertz CT molecular complexity index is 1330. The van der Waals surface area contributed by atoms with Crippen LogP contribution in [0.25, 0.3) is 21.9 Å². The summed E-state index contributed by atoms with van der Waals surface area (Å²) >= 11 is 6.44. The molecule has 0 saturated heterocycles. The summed E-state index contributed by atoms with van der Waals surface area (Å²) in [7, 11) is 2.99. The number of hydrogen-bond acceptors (Lipinski definition) is 5. The fourth-order valence-corrected chi connectivity index (χ4v) is 7.92. The van der Waals surface area contributed by atoms with Gasteiger partial charge in [0.2, 0.25) is 0 Å². The lowest BCUT2D eigenvalue weighted by atomic mass is 9.48. The van der Waals surface area contributed by atoms with Crippen LogP contribution in [0, 0.1) is 17.8 Å². The molecule has 6 heteroatoms.